The maximum atomic E-state index is 14.8. The van der Waals surface area contributed by atoms with Crippen LogP contribution in [0.3, 0.4) is 0 Å². The average molecular weight is 894 g/mol. The average Bonchev–Trinajstić information content (AvgIpc) is 3.99. The minimum atomic E-state index is -1.00. The molecule has 4 saturated heterocycles. The summed E-state index contributed by atoms with van der Waals surface area (Å²) < 4.78 is 31.2. The summed E-state index contributed by atoms with van der Waals surface area (Å²) in [6, 6.07) is 14.3. The number of aromatic nitrogens is 4. The highest BCUT2D eigenvalue weighted by Crippen LogP contribution is 2.38. The lowest BCUT2D eigenvalue weighted by Gasteiger charge is -2.43. The van der Waals surface area contributed by atoms with Crippen molar-refractivity contribution >= 4 is 56.8 Å². The van der Waals surface area contributed by atoms with Gasteiger partial charge in [-0.3, -0.25) is 39.2 Å². The third kappa shape index (κ3) is 7.35. The van der Waals surface area contributed by atoms with Crippen molar-refractivity contribution in [2.75, 3.05) is 55.6 Å². The predicted octanol–water partition coefficient (Wildman–Crippen LogP) is 5.36. The lowest BCUT2D eigenvalue weighted by Crippen LogP contribution is -2.54. The third-order valence-corrected chi connectivity index (χ3v) is 13.5. The summed E-state index contributed by atoms with van der Waals surface area (Å²) in [6.45, 7) is 6.62. The number of fused-ring (bicyclic) bond motifs is 2. The molecule has 17 heteroatoms. The number of nitrogens with one attached hydrogen (secondary N) is 1. The van der Waals surface area contributed by atoms with Gasteiger partial charge in [-0.2, -0.15) is 5.10 Å². The highest BCUT2D eigenvalue weighted by Gasteiger charge is 2.46. The summed E-state index contributed by atoms with van der Waals surface area (Å²) in [7, 11) is 0. The standard InChI is InChI=1S/C44H43BrF2N10O4/c45-32-22-26(21-30-40(32)44(61)57(43(30)60)36-8-9-39(58)51-42(36)59)25-52-14-10-28(11-15-52)53-17-19-54(20-18-53)37-5-1-3-34(49-37)31-24-48-56-16-12-38(50-41(31)56)55-13-2-4-35(55)29-23-27(46)6-7-33(29)47/h1,3,5-7,12,16,21-24,28,35-36H,2,4,8-11,13-15,17-20,25H2,(H,51,58,59). The molecule has 0 saturated carbocycles. The Hall–Kier alpha value is -5.65. The number of imide groups is 2. The summed E-state index contributed by atoms with van der Waals surface area (Å²) >= 11 is 3.53. The first-order chi connectivity index (χ1) is 29.6. The second-order valence-electron chi connectivity index (χ2n) is 16.5. The summed E-state index contributed by atoms with van der Waals surface area (Å²) in [5.41, 5.74) is 4.00. The van der Waals surface area contributed by atoms with E-state index >= 15 is 0 Å². The zero-order chi connectivity index (χ0) is 41.9. The van der Waals surface area contributed by atoms with E-state index in [1.807, 2.05) is 41.4 Å². The summed E-state index contributed by atoms with van der Waals surface area (Å²) in [5.74, 6) is -1.35. The number of pyridine rings is 1. The molecule has 0 aliphatic carbocycles. The first-order valence-electron chi connectivity index (χ1n) is 20.9. The number of hydrogen-bond acceptors (Lipinski definition) is 11. The van der Waals surface area contributed by atoms with Crippen LogP contribution in [0.25, 0.3) is 16.9 Å². The van der Waals surface area contributed by atoms with E-state index in [1.54, 1.807) is 16.8 Å². The Bertz CT molecular complexity index is 2590. The Morgan fingerprint density at radius 1 is 0.787 bits per heavy atom. The molecule has 10 rings (SSSR count). The van der Waals surface area contributed by atoms with E-state index in [0.29, 0.717) is 47.1 Å². The molecular formula is C44H43BrF2N10O4. The molecule has 0 radical (unpaired) electrons. The molecule has 2 unspecified atom stereocenters. The number of likely N-dealkylation sites (tertiary alicyclic amines) is 1. The number of piperidine rings is 2. The summed E-state index contributed by atoms with van der Waals surface area (Å²) in [5, 5.41) is 6.80. The van der Waals surface area contributed by atoms with Gasteiger partial charge in [0, 0.05) is 68.0 Å². The number of piperazine rings is 1. The SMILES string of the molecule is O=C1CCC(N2C(=O)c3cc(CN4CCC(N5CCN(c6cccc(-c7cnn8ccc(N9CCCC9c9cc(F)ccc9F)nc78)n6)CC5)CC4)cc(Br)c3C2=O)C(=O)N1. The molecule has 2 aromatic carbocycles. The number of anilines is 2. The smallest absolute Gasteiger partial charge is 0.263 e. The molecule has 2 atom stereocenters. The molecule has 3 aromatic heterocycles. The van der Waals surface area contributed by atoms with Crippen LogP contribution in [0, 0.1) is 11.6 Å². The largest absolute Gasteiger partial charge is 0.354 e. The Balaban J connectivity index is 0.757. The van der Waals surface area contributed by atoms with Crippen molar-refractivity contribution in [1.29, 1.82) is 0 Å². The maximum absolute atomic E-state index is 14.8. The van der Waals surface area contributed by atoms with Crippen LogP contribution in [-0.2, 0) is 16.1 Å². The molecule has 0 spiro atoms. The van der Waals surface area contributed by atoms with Gasteiger partial charge in [0.05, 0.1) is 34.6 Å². The van der Waals surface area contributed by atoms with E-state index in [4.69, 9.17) is 9.97 Å². The third-order valence-electron chi connectivity index (χ3n) is 12.9. The number of carbonyl (C=O) groups excluding carboxylic acids is 4. The van der Waals surface area contributed by atoms with E-state index in [0.717, 1.165) is 92.1 Å². The molecule has 14 nitrogen and oxygen atoms in total. The zero-order valence-electron chi connectivity index (χ0n) is 33.3. The predicted molar refractivity (Wildman–Crippen MR) is 225 cm³/mol. The topological polar surface area (TPSA) is 140 Å². The second kappa shape index (κ2) is 16.0. The van der Waals surface area contributed by atoms with Crippen LogP contribution in [-0.4, -0.2) is 116 Å². The van der Waals surface area contributed by atoms with Crippen LogP contribution in [0.2, 0.25) is 0 Å². The minimum Gasteiger partial charge on any atom is -0.354 e. The first kappa shape index (κ1) is 39.5. The minimum absolute atomic E-state index is 0.0759. The van der Waals surface area contributed by atoms with Crippen molar-refractivity contribution in [1.82, 2.24) is 39.6 Å². The van der Waals surface area contributed by atoms with Gasteiger partial charge in [0.15, 0.2) is 5.65 Å². The van der Waals surface area contributed by atoms with Crippen molar-refractivity contribution in [3.8, 4) is 11.3 Å². The van der Waals surface area contributed by atoms with Crippen LogP contribution < -0.4 is 15.1 Å². The van der Waals surface area contributed by atoms with Crippen molar-refractivity contribution in [3.05, 3.63) is 105 Å². The van der Waals surface area contributed by atoms with E-state index in [-0.39, 0.29) is 30.0 Å². The van der Waals surface area contributed by atoms with Gasteiger partial charge in [0.2, 0.25) is 11.8 Å². The Kier molecular flexibility index (Phi) is 10.4. The van der Waals surface area contributed by atoms with Gasteiger partial charge in [0.25, 0.3) is 11.8 Å². The van der Waals surface area contributed by atoms with Gasteiger partial charge in [0.1, 0.15) is 29.3 Å². The van der Waals surface area contributed by atoms with E-state index in [2.05, 4.69) is 41.0 Å². The lowest BCUT2D eigenvalue weighted by molar-refractivity contribution is -0.136. The molecule has 4 amide bonds. The van der Waals surface area contributed by atoms with Crippen molar-refractivity contribution in [2.24, 2.45) is 0 Å². The number of carbonyl (C=O) groups is 4. The molecule has 5 aliphatic rings. The number of halogens is 3. The van der Waals surface area contributed by atoms with Gasteiger partial charge in [-0.1, -0.05) is 6.07 Å². The second-order valence-corrected chi connectivity index (χ2v) is 17.3. The molecule has 5 aliphatic heterocycles. The van der Waals surface area contributed by atoms with Crippen LogP contribution >= 0.6 is 15.9 Å². The number of nitrogens with zero attached hydrogens (tertiary/aromatic N) is 9. The van der Waals surface area contributed by atoms with Gasteiger partial charge in [-0.15, -0.1) is 0 Å². The highest BCUT2D eigenvalue weighted by atomic mass is 79.9. The van der Waals surface area contributed by atoms with Gasteiger partial charge < -0.3 is 9.80 Å². The molecule has 5 aromatic rings. The van der Waals surface area contributed by atoms with Crippen LogP contribution in [0.4, 0.5) is 20.4 Å². The highest BCUT2D eigenvalue weighted by molar-refractivity contribution is 9.10. The van der Waals surface area contributed by atoms with E-state index in [1.165, 1.54) is 12.1 Å². The van der Waals surface area contributed by atoms with Gasteiger partial charge >= 0.3 is 0 Å². The molecule has 4 fully saturated rings. The van der Waals surface area contributed by atoms with Crippen LogP contribution in [0.15, 0.2) is 71.5 Å². The van der Waals surface area contributed by atoms with Gasteiger partial charge in [-0.05, 0) is 115 Å². The Morgan fingerprint density at radius 2 is 1.61 bits per heavy atom. The van der Waals surface area contributed by atoms with Gasteiger partial charge in [-0.25, -0.2) is 23.3 Å². The number of rotatable bonds is 8. The van der Waals surface area contributed by atoms with Crippen molar-refractivity contribution in [2.45, 2.75) is 63.2 Å². The molecule has 61 heavy (non-hydrogen) atoms. The number of amides is 4. The number of hydrogen-bond donors (Lipinski definition) is 1. The van der Waals surface area contributed by atoms with Crippen LogP contribution in [0.5, 0.6) is 0 Å². The fourth-order valence-electron chi connectivity index (χ4n) is 9.79. The molecule has 8 heterocycles. The molecule has 1 N–H and O–H groups in total. The molecular weight excluding hydrogens is 850 g/mol. The van der Waals surface area contributed by atoms with E-state index < -0.39 is 41.3 Å². The monoisotopic (exact) mass is 892 g/mol. The summed E-state index contributed by atoms with van der Waals surface area (Å²) in [6.07, 6.45) is 7.39. The lowest BCUT2D eigenvalue weighted by atomic mass is 10.0. The van der Waals surface area contributed by atoms with Crippen LogP contribution in [0.1, 0.15) is 76.4 Å². The first-order valence-corrected chi connectivity index (χ1v) is 21.7. The Labute approximate surface area is 358 Å². The fraction of sp³-hybridized carbons (Fsp3) is 0.386. The zero-order valence-corrected chi connectivity index (χ0v) is 34.9. The van der Waals surface area contributed by atoms with Crippen molar-refractivity contribution in [3.63, 3.8) is 0 Å². The van der Waals surface area contributed by atoms with Crippen molar-refractivity contribution < 1.29 is 28.0 Å². The van der Waals surface area contributed by atoms with E-state index in [9.17, 15) is 28.0 Å². The maximum Gasteiger partial charge on any atom is 0.263 e. The molecule has 0 bridgehead atoms. The quantitative estimate of drug-likeness (QED) is 0.202. The summed E-state index contributed by atoms with van der Waals surface area (Å²) in [4.78, 5) is 71.4. The fourth-order valence-corrected chi connectivity index (χ4v) is 10.5. The normalized spacial score (nSPS) is 21.9. The Morgan fingerprint density at radius 3 is 2.41 bits per heavy atom. The molecule has 314 valence electrons. The number of benzene rings is 2.